The van der Waals surface area contributed by atoms with Gasteiger partial charge in [0.25, 0.3) is 0 Å². The molecule has 3 rings (SSSR count). The Kier molecular flexibility index (Phi) is 3.09. The Hall–Kier alpha value is -0.970. The average molecular weight is 265 g/mol. The molecule has 0 saturated heterocycles. The molecule has 2 atom stereocenters. The van der Waals surface area contributed by atoms with Crippen LogP contribution in [0.4, 0.5) is 5.13 Å². The number of anilines is 1. The molecule has 98 valence electrons. The zero-order valence-corrected chi connectivity index (χ0v) is 11.7. The largest absolute Gasteiger partial charge is 0.300 e. The number of nitrogens with one attached hydrogen (secondary N) is 1. The van der Waals surface area contributed by atoms with Gasteiger partial charge >= 0.3 is 0 Å². The van der Waals surface area contributed by atoms with E-state index in [0.29, 0.717) is 11.0 Å². The van der Waals surface area contributed by atoms with E-state index in [1.807, 2.05) is 0 Å². The molecule has 2 aliphatic carbocycles. The molecular formula is C13H19N3OS. The van der Waals surface area contributed by atoms with Crippen LogP contribution in [0, 0.1) is 23.7 Å². The van der Waals surface area contributed by atoms with Crippen molar-refractivity contribution in [3.63, 3.8) is 0 Å². The van der Waals surface area contributed by atoms with E-state index < -0.39 is 0 Å². The Balaban J connectivity index is 1.55. The van der Waals surface area contributed by atoms with Crippen LogP contribution in [-0.2, 0) is 11.2 Å². The van der Waals surface area contributed by atoms with Gasteiger partial charge in [-0.2, -0.15) is 0 Å². The molecule has 0 aromatic carbocycles. The van der Waals surface area contributed by atoms with E-state index in [-0.39, 0.29) is 11.8 Å². The van der Waals surface area contributed by atoms with Crippen LogP contribution >= 0.6 is 11.3 Å². The summed E-state index contributed by atoms with van der Waals surface area (Å²) in [6.45, 7) is 4.31. The normalized spacial score (nSPS) is 29.4. The first-order valence-electron chi connectivity index (χ1n) is 6.75. The van der Waals surface area contributed by atoms with Gasteiger partial charge in [-0.05, 0) is 37.0 Å². The summed E-state index contributed by atoms with van der Waals surface area (Å²) >= 11 is 1.51. The van der Waals surface area contributed by atoms with E-state index in [9.17, 15) is 4.79 Å². The van der Waals surface area contributed by atoms with Crippen molar-refractivity contribution in [3.8, 4) is 0 Å². The van der Waals surface area contributed by atoms with E-state index in [1.54, 1.807) is 0 Å². The quantitative estimate of drug-likeness (QED) is 0.910. The number of aromatic nitrogens is 2. The van der Waals surface area contributed by atoms with Crippen LogP contribution in [0.25, 0.3) is 0 Å². The van der Waals surface area contributed by atoms with Crippen molar-refractivity contribution in [2.75, 3.05) is 5.32 Å². The van der Waals surface area contributed by atoms with Gasteiger partial charge in [0.1, 0.15) is 5.01 Å². The highest BCUT2D eigenvalue weighted by Gasteiger charge is 2.48. The van der Waals surface area contributed by atoms with Crippen LogP contribution in [0.2, 0.25) is 0 Å². The number of carbonyl (C=O) groups excluding carboxylic acids is 1. The summed E-state index contributed by atoms with van der Waals surface area (Å²) in [7, 11) is 0. The summed E-state index contributed by atoms with van der Waals surface area (Å²) in [5.74, 6) is 2.61. The second-order valence-corrected chi connectivity index (χ2v) is 7.07. The molecule has 2 saturated carbocycles. The summed E-state index contributed by atoms with van der Waals surface area (Å²) in [4.78, 5) is 12.0. The lowest BCUT2D eigenvalue weighted by Gasteiger charge is -2.09. The molecule has 2 fully saturated rings. The first kappa shape index (κ1) is 12.1. The fourth-order valence-corrected chi connectivity index (χ4v) is 3.83. The van der Waals surface area contributed by atoms with E-state index in [2.05, 4.69) is 29.4 Å². The first-order chi connectivity index (χ1) is 8.61. The summed E-state index contributed by atoms with van der Waals surface area (Å²) in [6, 6.07) is 0. The summed E-state index contributed by atoms with van der Waals surface area (Å²) in [5, 5.41) is 12.8. The molecule has 1 aromatic heterocycles. The highest BCUT2D eigenvalue weighted by Crippen LogP contribution is 2.54. The second-order valence-electron chi connectivity index (χ2n) is 6.01. The van der Waals surface area contributed by atoms with Gasteiger partial charge in [0.05, 0.1) is 0 Å². The van der Waals surface area contributed by atoms with Gasteiger partial charge < -0.3 is 5.32 Å². The minimum absolute atomic E-state index is 0.148. The topological polar surface area (TPSA) is 54.9 Å². The predicted molar refractivity (Wildman–Crippen MR) is 71.4 cm³/mol. The van der Waals surface area contributed by atoms with Crippen molar-refractivity contribution in [3.05, 3.63) is 5.01 Å². The van der Waals surface area contributed by atoms with Crippen molar-refractivity contribution in [2.45, 2.75) is 39.5 Å². The smallest absolute Gasteiger partial charge is 0.229 e. The molecule has 1 amide bonds. The Morgan fingerprint density at radius 2 is 2.06 bits per heavy atom. The molecule has 4 nitrogen and oxygen atoms in total. The number of hydrogen-bond donors (Lipinski definition) is 1. The Labute approximate surface area is 111 Å². The molecule has 2 unspecified atom stereocenters. The average Bonchev–Trinajstić information content (AvgIpc) is 2.73. The maximum atomic E-state index is 12.0. The molecule has 0 radical (unpaired) electrons. The van der Waals surface area contributed by atoms with E-state index in [1.165, 1.54) is 17.8 Å². The monoisotopic (exact) mass is 265 g/mol. The second kappa shape index (κ2) is 4.61. The minimum Gasteiger partial charge on any atom is -0.300 e. The summed E-state index contributed by atoms with van der Waals surface area (Å²) in [6.07, 6.45) is 4.44. The lowest BCUT2D eigenvalue weighted by atomic mass is 10.0. The fraction of sp³-hybridized carbons (Fsp3) is 0.769. The number of fused-ring (bicyclic) bond motifs is 1. The highest BCUT2D eigenvalue weighted by molar-refractivity contribution is 7.15. The van der Waals surface area contributed by atoms with Crippen LogP contribution in [0.15, 0.2) is 0 Å². The van der Waals surface area contributed by atoms with E-state index in [4.69, 9.17) is 0 Å². The van der Waals surface area contributed by atoms with Crippen LogP contribution in [0.1, 0.15) is 38.1 Å². The molecule has 0 bridgehead atoms. The molecule has 5 heteroatoms. The van der Waals surface area contributed by atoms with Gasteiger partial charge in [-0.25, -0.2) is 0 Å². The maximum absolute atomic E-state index is 12.0. The summed E-state index contributed by atoms with van der Waals surface area (Å²) < 4.78 is 0. The van der Waals surface area contributed by atoms with Crippen molar-refractivity contribution in [2.24, 2.45) is 23.7 Å². The molecule has 1 heterocycles. The summed E-state index contributed by atoms with van der Waals surface area (Å²) in [5.41, 5.74) is 0. The molecule has 1 N–H and O–H groups in total. The SMILES string of the molecule is CC(C)Cc1nnc(NC(=O)C2CC3CC3C2)s1. The minimum atomic E-state index is 0.148. The van der Waals surface area contributed by atoms with Gasteiger partial charge in [-0.1, -0.05) is 25.2 Å². The number of hydrogen-bond acceptors (Lipinski definition) is 4. The molecule has 18 heavy (non-hydrogen) atoms. The van der Waals surface area contributed by atoms with Crippen molar-refractivity contribution in [1.82, 2.24) is 10.2 Å². The van der Waals surface area contributed by atoms with E-state index >= 15 is 0 Å². The fourth-order valence-electron chi connectivity index (χ4n) is 2.87. The van der Waals surface area contributed by atoms with Crippen molar-refractivity contribution < 1.29 is 4.79 Å². The number of amides is 1. The lowest BCUT2D eigenvalue weighted by molar-refractivity contribution is -0.120. The standard InChI is InChI=1S/C13H19N3OS/c1-7(2)3-11-15-16-13(18-11)14-12(17)10-5-8-4-9(8)6-10/h7-10H,3-6H2,1-2H3,(H,14,16,17). The van der Waals surface area contributed by atoms with E-state index in [0.717, 1.165) is 36.1 Å². The molecule has 0 aliphatic heterocycles. The van der Waals surface area contributed by atoms with Crippen molar-refractivity contribution >= 4 is 22.4 Å². The van der Waals surface area contributed by atoms with Gasteiger partial charge in [0, 0.05) is 12.3 Å². The van der Waals surface area contributed by atoms with Gasteiger partial charge in [-0.3, -0.25) is 4.79 Å². The van der Waals surface area contributed by atoms with Gasteiger partial charge in [0.2, 0.25) is 11.0 Å². The number of nitrogens with zero attached hydrogens (tertiary/aromatic N) is 2. The third-order valence-corrected chi connectivity index (χ3v) is 4.76. The van der Waals surface area contributed by atoms with Gasteiger partial charge in [-0.15, -0.1) is 10.2 Å². The van der Waals surface area contributed by atoms with Gasteiger partial charge in [0.15, 0.2) is 0 Å². The maximum Gasteiger partial charge on any atom is 0.229 e. The molecular weight excluding hydrogens is 246 g/mol. The van der Waals surface area contributed by atoms with Crippen LogP contribution < -0.4 is 5.32 Å². The third kappa shape index (κ3) is 2.55. The predicted octanol–water partition coefficient (Wildman–Crippen LogP) is 2.72. The lowest BCUT2D eigenvalue weighted by Crippen LogP contribution is -2.21. The number of rotatable bonds is 4. The molecule has 0 spiro atoms. The Bertz CT molecular complexity index is 447. The van der Waals surface area contributed by atoms with Crippen LogP contribution in [0.3, 0.4) is 0 Å². The molecule has 1 aromatic rings. The Morgan fingerprint density at radius 1 is 1.33 bits per heavy atom. The zero-order valence-electron chi connectivity index (χ0n) is 10.8. The van der Waals surface area contributed by atoms with Crippen LogP contribution in [0.5, 0.6) is 0 Å². The zero-order chi connectivity index (χ0) is 12.7. The molecule has 2 aliphatic rings. The highest BCUT2D eigenvalue weighted by atomic mass is 32.1. The third-order valence-electron chi connectivity index (χ3n) is 3.89. The van der Waals surface area contributed by atoms with Crippen molar-refractivity contribution in [1.29, 1.82) is 0 Å². The first-order valence-corrected chi connectivity index (χ1v) is 7.56. The number of carbonyl (C=O) groups is 1. The Morgan fingerprint density at radius 3 is 2.72 bits per heavy atom. The van der Waals surface area contributed by atoms with Crippen LogP contribution in [-0.4, -0.2) is 16.1 Å².